The van der Waals surface area contributed by atoms with Crippen LogP contribution in [0.15, 0.2) is 46.0 Å². The smallest absolute Gasteiger partial charge is 0.283 e. The molecule has 2 aliphatic heterocycles. The molecule has 1 spiro atoms. The lowest BCUT2D eigenvalue weighted by molar-refractivity contribution is -0.00194. The predicted octanol–water partition coefficient (Wildman–Crippen LogP) is 3.40. The van der Waals surface area contributed by atoms with Gasteiger partial charge >= 0.3 is 0 Å². The Kier molecular flexibility index (Phi) is 4.86. The lowest BCUT2D eigenvalue weighted by Crippen LogP contribution is -2.54. The van der Waals surface area contributed by atoms with Crippen LogP contribution >= 0.6 is 27.5 Å². The number of aliphatic imine (C=N–C) groups is 1. The first-order valence-electron chi connectivity index (χ1n) is 9.82. The van der Waals surface area contributed by atoms with E-state index in [4.69, 9.17) is 31.8 Å². The number of nitrogens with zero attached hydrogens (tertiary/aromatic N) is 2. The van der Waals surface area contributed by atoms with Crippen molar-refractivity contribution in [1.29, 1.82) is 0 Å². The van der Waals surface area contributed by atoms with Gasteiger partial charge in [-0.2, -0.15) is 0 Å². The molecule has 1 fully saturated rings. The molecule has 1 aliphatic carbocycles. The van der Waals surface area contributed by atoms with Gasteiger partial charge in [0, 0.05) is 28.2 Å². The van der Waals surface area contributed by atoms with Gasteiger partial charge in [0.05, 0.1) is 5.02 Å². The Balaban J connectivity index is 1.43. The number of nitrogens with one attached hydrogen (secondary N) is 1. The third-order valence-electron chi connectivity index (χ3n) is 6.13. The van der Waals surface area contributed by atoms with Gasteiger partial charge < -0.3 is 20.5 Å². The summed E-state index contributed by atoms with van der Waals surface area (Å²) >= 11 is 9.42. The number of rotatable bonds is 2. The molecule has 30 heavy (non-hydrogen) atoms. The number of pyridine rings is 1. The number of fused-ring (bicyclic) bond motifs is 4. The number of nitrogens with two attached hydrogens (primary N) is 1. The third-order valence-corrected chi connectivity index (χ3v) is 6.85. The quantitative estimate of drug-likeness (QED) is 0.671. The van der Waals surface area contributed by atoms with Crippen molar-refractivity contribution in [2.24, 2.45) is 16.6 Å². The van der Waals surface area contributed by atoms with Crippen LogP contribution in [0.4, 0.5) is 0 Å². The first-order valence-corrected chi connectivity index (χ1v) is 11.0. The molecule has 1 saturated carbocycles. The van der Waals surface area contributed by atoms with Gasteiger partial charge in [-0.3, -0.25) is 4.79 Å². The Hall–Kier alpha value is -2.32. The normalized spacial score (nSPS) is 29.3. The Labute approximate surface area is 187 Å². The topological polar surface area (TPSA) is 98.8 Å². The Bertz CT molecular complexity index is 1030. The maximum atomic E-state index is 12.7. The highest BCUT2D eigenvalue weighted by Gasteiger charge is 2.55. The zero-order chi connectivity index (χ0) is 20.9. The van der Waals surface area contributed by atoms with E-state index in [1.165, 1.54) is 6.20 Å². The minimum Gasteiger partial charge on any atom is -0.490 e. The van der Waals surface area contributed by atoms with Crippen LogP contribution in [-0.4, -0.2) is 35.7 Å². The van der Waals surface area contributed by atoms with E-state index in [2.05, 4.69) is 26.2 Å². The maximum Gasteiger partial charge on any atom is 0.283 e. The molecule has 1 aromatic carbocycles. The average molecular weight is 492 g/mol. The lowest BCUT2D eigenvalue weighted by Gasteiger charge is -2.48. The highest BCUT2D eigenvalue weighted by atomic mass is 79.9. The van der Waals surface area contributed by atoms with E-state index in [1.54, 1.807) is 12.1 Å². The molecule has 0 saturated heterocycles. The molecule has 156 valence electrons. The van der Waals surface area contributed by atoms with Crippen molar-refractivity contribution in [3.05, 3.63) is 57.3 Å². The second-order valence-corrected chi connectivity index (χ2v) is 9.26. The summed E-state index contributed by atoms with van der Waals surface area (Å²) in [6, 6.07) is 9.39. The highest BCUT2D eigenvalue weighted by Crippen LogP contribution is 2.52. The van der Waals surface area contributed by atoms with Crippen LogP contribution < -0.4 is 15.8 Å². The molecule has 5 rings (SSSR count). The fraction of sp³-hybridized carbons (Fsp3) is 0.381. The molecule has 7 nitrogen and oxygen atoms in total. The van der Waals surface area contributed by atoms with Crippen LogP contribution in [0.5, 0.6) is 5.75 Å². The summed E-state index contributed by atoms with van der Waals surface area (Å²) in [5, 5.41) is 3.61. The summed E-state index contributed by atoms with van der Waals surface area (Å²) in [7, 11) is 0. The largest absolute Gasteiger partial charge is 0.490 e. The molecule has 3 heterocycles. The maximum absolute atomic E-state index is 12.7. The van der Waals surface area contributed by atoms with Crippen LogP contribution in [0.3, 0.4) is 0 Å². The second-order valence-electron chi connectivity index (χ2n) is 7.91. The van der Waals surface area contributed by atoms with E-state index < -0.39 is 5.54 Å². The number of ether oxygens (including phenoxy) is 2. The van der Waals surface area contributed by atoms with Crippen molar-refractivity contribution in [3.8, 4) is 5.75 Å². The van der Waals surface area contributed by atoms with E-state index in [0.29, 0.717) is 23.7 Å². The standard InChI is InChI=1S/C21H20BrClN4O3/c22-11-1-5-17-14(7-11)21(10-29-20(24)27-21)15-8-13(3-6-18(15)30-17)26-19(28)16-4-2-12(23)9-25-16/h1-2,4-5,7,9,13,15,18H,3,6,8,10H2,(H2,24,27)(H,26,28). The zero-order valence-corrected chi connectivity index (χ0v) is 18.3. The number of hydrogen-bond acceptors (Lipinski definition) is 6. The zero-order valence-electron chi connectivity index (χ0n) is 16.0. The summed E-state index contributed by atoms with van der Waals surface area (Å²) in [5.74, 6) is 0.627. The monoisotopic (exact) mass is 490 g/mol. The van der Waals surface area contributed by atoms with E-state index >= 15 is 0 Å². The summed E-state index contributed by atoms with van der Waals surface area (Å²) in [6.07, 6.45) is 3.77. The summed E-state index contributed by atoms with van der Waals surface area (Å²) < 4.78 is 12.9. The minimum atomic E-state index is -0.617. The fourth-order valence-electron chi connectivity index (χ4n) is 4.77. The van der Waals surface area contributed by atoms with Crippen LogP contribution in [0, 0.1) is 5.92 Å². The predicted molar refractivity (Wildman–Crippen MR) is 116 cm³/mol. The van der Waals surface area contributed by atoms with Gasteiger partial charge in [-0.15, -0.1) is 0 Å². The lowest BCUT2D eigenvalue weighted by atomic mass is 9.67. The van der Waals surface area contributed by atoms with Gasteiger partial charge in [-0.25, -0.2) is 9.98 Å². The number of aromatic nitrogens is 1. The van der Waals surface area contributed by atoms with E-state index in [1.807, 2.05) is 18.2 Å². The molecule has 4 unspecified atom stereocenters. The first kappa shape index (κ1) is 19.6. The van der Waals surface area contributed by atoms with Crippen molar-refractivity contribution in [2.45, 2.75) is 36.9 Å². The molecule has 3 aliphatic rings. The minimum absolute atomic E-state index is 0.0151. The molecule has 9 heteroatoms. The Morgan fingerprint density at radius 3 is 2.90 bits per heavy atom. The fourth-order valence-corrected chi connectivity index (χ4v) is 5.24. The number of hydrogen-bond donors (Lipinski definition) is 2. The number of halogens is 2. The van der Waals surface area contributed by atoms with E-state index in [-0.39, 0.29) is 30.0 Å². The summed E-state index contributed by atoms with van der Waals surface area (Å²) in [6.45, 7) is 0.367. The number of amides is 1. The summed E-state index contributed by atoms with van der Waals surface area (Å²) in [5.41, 5.74) is 6.64. The van der Waals surface area contributed by atoms with Crippen LogP contribution in [0.25, 0.3) is 0 Å². The van der Waals surface area contributed by atoms with E-state index in [9.17, 15) is 4.79 Å². The number of benzene rings is 1. The van der Waals surface area contributed by atoms with Crippen molar-refractivity contribution < 1.29 is 14.3 Å². The van der Waals surface area contributed by atoms with E-state index in [0.717, 1.165) is 28.6 Å². The van der Waals surface area contributed by atoms with Gasteiger partial charge in [0.15, 0.2) is 0 Å². The molecule has 1 aromatic heterocycles. The molecule has 2 aromatic rings. The van der Waals surface area contributed by atoms with Crippen LogP contribution in [-0.2, 0) is 10.3 Å². The number of carbonyl (C=O) groups excluding carboxylic acids is 1. The van der Waals surface area contributed by atoms with Crippen LogP contribution in [0.1, 0.15) is 35.3 Å². The average Bonchev–Trinajstić information content (AvgIpc) is 3.12. The van der Waals surface area contributed by atoms with Gasteiger partial charge in [0.1, 0.15) is 29.7 Å². The third kappa shape index (κ3) is 3.32. The molecular weight excluding hydrogens is 472 g/mol. The first-order chi connectivity index (χ1) is 14.4. The Morgan fingerprint density at radius 2 is 2.17 bits per heavy atom. The van der Waals surface area contributed by atoms with Crippen molar-refractivity contribution in [1.82, 2.24) is 10.3 Å². The highest BCUT2D eigenvalue weighted by molar-refractivity contribution is 9.10. The van der Waals surface area contributed by atoms with Gasteiger partial charge in [0.2, 0.25) is 0 Å². The molecule has 1 amide bonds. The molecule has 3 N–H and O–H groups in total. The van der Waals surface area contributed by atoms with Crippen molar-refractivity contribution in [3.63, 3.8) is 0 Å². The van der Waals surface area contributed by atoms with Gasteiger partial charge in [-0.1, -0.05) is 27.5 Å². The number of amidine groups is 1. The molecule has 0 bridgehead atoms. The van der Waals surface area contributed by atoms with Gasteiger partial charge in [-0.05, 0) is 49.6 Å². The molecular formula is C21H20BrClN4O3. The number of carbonyl (C=O) groups is 1. The molecule has 0 radical (unpaired) electrons. The van der Waals surface area contributed by atoms with Crippen molar-refractivity contribution >= 4 is 39.5 Å². The molecule has 4 atom stereocenters. The van der Waals surface area contributed by atoms with Crippen LogP contribution in [0.2, 0.25) is 5.02 Å². The van der Waals surface area contributed by atoms with Gasteiger partial charge in [0.25, 0.3) is 11.9 Å². The summed E-state index contributed by atoms with van der Waals surface area (Å²) in [4.78, 5) is 21.5. The Morgan fingerprint density at radius 1 is 1.30 bits per heavy atom. The second kappa shape index (κ2) is 7.42. The van der Waals surface area contributed by atoms with Crippen molar-refractivity contribution in [2.75, 3.05) is 6.61 Å². The SMILES string of the molecule is NC1=NC2(CO1)c1cc(Br)ccc1OC1CCC(NC(=O)c3ccc(Cl)cn3)CC12.